The number of carbonyl (C=O) groups is 1. The van der Waals surface area contributed by atoms with Crippen LogP contribution in [0, 0.1) is 0 Å². The minimum absolute atomic E-state index is 0.0574. The van der Waals surface area contributed by atoms with Crippen LogP contribution in [-0.2, 0) is 4.79 Å². The molecule has 0 aliphatic carbocycles. The van der Waals surface area contributed by atoms with Crippen molar-refractivity contribution >= 4 is 5.91 Å². The van der Waals surface area contributed by atoms with Crippen LogP contribution in [0.3, 0.4) is 0 Å². The van der Waals surface area contributed by atoms with Crippen LogP contribution >= 0.6 is 0 Å². The fourth-order valence-corrected chi connectivity index (χ4v) is 2.81. The van der Waals surface area contributed by atoms with Crippen LogP contribution in [0.4, 0.5) is 0 Å². The fraction of sp³-hybridized carbons (Fsp3) is 0.938. The molecule has 19 heavy (non-hydrogen) atoms. The number of amides is 1. The van der Waals surface area contributed by atoms with E-state index >= 15 is 0 Å². The van der Waals surface area contributed by atoms with Crippen molar-refractivity contribution < 1.29 is 4.79 Å². The number of carbonyl (C=O) groups excluding carboxylic acids is 1. The van der Waals surface area contributed by atoms with E-state index in [0.29, 0.717) is 6.04 Å². The third kappa shape index (κ3) is 6.95. The maximum Gasteiger partial charge on any atom is 0.237 e. The van der Waals surface area contributed by atoms with E-state index in [0.717, 1.165) is 19.4 Å². The quantitative estimate of drug-likeness (QED) is 0.596. The summed E-state index contributed by atoms with van der Waals surface area (Å²) in [5.74, 6) is 0.210. The summed E-state index contributed by atoms with van der Waals surface area (Å²) >= 11 is 0. The molecule has 1 aliphatic rings. The molecule has 3 nitrogen and oxygen atoms in total. The molecule has 0 radical (unpaired) electrons. The number of hydrogen-bond donors (Lipinski definition) is 2. The van der Waals surface area contributed by atoms with Gasteiger partial charge < -0.3 is 10.6 Å². The van der Waals surface area contributed by atoms with Gasteiger partial charge >= 0.3 is 0 Å². The predicted molar refractivity (Wildman–Crippen MR) is 81.2 cm³/mol. The van der Waals surface area contributed by atoms with Crippen molar-refractivity contribution in [1.29, 1.82) is 0 Å². The van der Waals surface area contributed by atoms with Gasteiger partial charge in [-0.05, 0) is 25.7 Å². The van der Waals surface area contributed by atoms with Crippen LogP contribution in [0.5, 0.6) is 0 Å². The first-order valence-corrected chi connectivity index (χ1v) is 8.31. The molecule has 1 fully saturated rings. The van der Waals surface area contributed by atoms with Crippen LogP contribution in [0.2, 0.25) is 0 Å². The average molecular weight is 268 g/mol. The Kier molecular flexibility index (Phi) is 8.89. The summed E-state index contributed by atoms with van der Waals surface area (Å²) in [6, 6.07) is 0.592. The number of unbranched alkanes of at least 4 members (excludes halogenated alkanes) is 4. The Labute approximate surface area is 118 Å². The van der Waals surface area contributed by atoms with Crippen LogP contribution < -0.4 is 10.6 Å². The van der Waals surface area contributed by atoms with E-state index < -0.39 is 0 Å². The molecule has 0 bridgehead atoms. The Morgan fingerprint density at radius 2 is 1.79 bits per heavy atom. The zero-order valence-corrected chi connectivity index (χ0v) is 12.8. The molecular weight excluding hydrogens is 236 g/mol. The Bertz CT molecular complexity index is 233. The van der Waals surface area contributed by atoms with Gasteiger partial charge in [0.1, 0.15) is 0 Å². The van der Waals surface area contributed by atoms with E-state index in [2.05, 4.69) is 24.5 Å². The lowest BCUT2D eigenvalue weighted by atomic mass is 9.99. The fourth-order valence-electron chi connectivity index (χ4n) is 2.81. The summed E-state index contributed by atoms with van der Waals surface area (Å²) in [7, 11) is 0. The molecule has 0 aromatic rings. The lowest BCUT2D eigenvalue weighted by Crippen LogP contribution is -2.51. The first-order valence-electron chi connectivity index (χ1n) is 8.31. The van der Waals surface area contributed by atoms with E-state index in [1.807, 2.05) is 0 Å². The molecule has 0 aromatic carbocycles. The second kappa shape index (κ2) is 10.2. The van der Waals surface area contributed by atoms with Crippen molar-refractivity contribution in [1.82, 2.24) is 10.6 Å². The summed E-state index contributed by atoms with van der Waals surface area (Å²) in [5.41, 5.74) is 0. The van der Waals surface area contributed by atoms with E-state index in [1.54, 1.807) is 0 Å². The van der Waals surface area contributed by atoms with Crippen molar-refractivity contribution in [3.63, 3.8) is 0 Å². The molecular formula is C16H32N2O. The number of rotatable bonds is 10. The van der Waals surface area contributed by atoms with Crippen LogP contribution in [0.25, 0.3) is 0 Å². The van der Waals surface area contributed by atoms with Gasteiger partial charge in [-0.2, -0.15) is 0 Å². The third-order valence-electron chi connectivity index (χ3n) is 4.03. The SMILES string of the molecule is CCCCCC(CCCCC)NC1CCCNC1=O. The van der Waals surface area contributed by atoms with E-state index in [-0.39, 0.29) is 11.9 Å². The lowest BCUT2D eigenvalue weighted by molar-refractivity contribution is -0.124. The highest BCUT2D eigenvalue weighted by Crippen LogP contribution is 2.14. The second-order valence-corrected chi connectivity index (χ2v) is 5.84. The molecule has 1 saturated heterocycles. The zero-order valence-electron chi connectivity index (χ0n) is 12.8. The van der Waals surface area contributed by atoms with Crippen molar-refractivity contribution in [2.75, 3.05) is 6.54 Å². The van der Waals surface area contributed by atoms with Crippen molar-refractivity contribution in [3.05, 3.63) is 0 Å². The molecule has 1 amide bonds. The van der Waals surface area contributed by atoms with Gasteiger partial charge in [-0.25, -0.2) is 0 Å². The lowest BCUT2D eigenvalue weighted by Gasteiger charge is -2.28. The predicted octanol–water partition coefficient (Wildman–Crippen LogP) is 3.38. The van der Waals surface area contributed by atoms with Gasteiger partial charge in [-0.1, -0.05) is 52.4 Å². The van der Waals surface area contributed by atoms with Crippen LogP contribution in [-0.4, -0.2) is 24.5 Å². The highest BCUT2D eigenvalue weighted by molar-refractivity contribution is 5.82. The normalized spacial score (nSPS) is 19.7. The third-order valence-corrected chi connectivity index (χ3v) is 4.03. The molecule has 1 atom stereocenters. The van der Waals surface area contributed by atoms with Gasteiger partial charge in [-0.15, -0.1) is 0 Å². The Morgan fingerprint density at radius 3 is 2.32 bits per heavy atom. The minimum atomic E-state index is 0.0574. The highest BCUT2D eigenvalue weighted by atomic mass is 16.2. The summed E-state index contributed by atoms with van der Waals surface area (Å²) < 4.78 is 0. The average Bonchev–Trinajstić information content (AvgIpc) is 2.41. The molecule has 2 N–H and O–H groups in total. The van der Waals surface area contributed by atoms with Gasteiger partial charge in [0.25, 0.3) is 0 Å². The Hall–Kier alpha value is -0.570. The van der Waals surface area contributed by atoms with Crippen molar-refractivity contribution in [2.24, 2.45) is 0 Å². The molecule has 0 aromatic heterocycles. The number of piperidine rings is 1. The molecule has 1 rings (SSSR count). The maximum atomic E-state index is 11.8. The van der Waals surface area contributed by atoms with E-state index in [1.165, 1.54) is 51.4 Å². The summed E-state index contributed by atoms with van der Waals surface area (Å²) in [4.78, 5) is 11.8. The monoisotopic (exact) mass is 268 g/mol. The van der Waals surface area contributed by atoms with Crippen molar-refractivity contribution in [3.8, 4) is 0 Å². The Balaban J connectivity index is 2.34. The summed E-state index contributed by atoms with van der Waals surface area (Å²) in [6.45, 7) is 5.34. The first-order chi connectivity index (χ1) is 9.27. The topological polar surface area (TPSA) is 41.1 Å². The largest absolute Gasteiger partial charge is 0.355 e. The Morgan fingerprint density at radius 1 is 1.16 bits per heavy atom. The molecule has 1 unspecified atom stereocenters. The molecule has 1 aliphatic heterocycles. The highest BCUT2D eigenvalue weighted by Gasteiger charge is 2.24. The zero-order chi connectivity index (χ0) is 13.9. The standard InChI is InChI=1S/C16H32N2O/c1-3-5-7-10-14(11-8-6-4-2)18-15-12-9-13-17-16(15)19/h14-15,18H,3-13H2,1-2H3,(H,17,19). The molecule has 0 saturated carbocycles. The van der Waals surface area contributed by atoms with Crippen molar-refractivity contribution in [2.45, 2.75) is 90.1 Å². The molecule has 112 valence electrons. The van der Waals surface area contributed by atoms with E-state index in [9.17, 15) is 4.79 Å². The van der Waals surface area contributed by atoms with Gasteiger partial charge in [0.2, 0.25) is 5.91 Å². The van der Waals surface area contributed by atoms with E-state index in [4.69, 9.17) is 0 Å². The van der Waals surface area contributed by atoms with Gasteiger partial charge in [-0.3, -0.25) is 4.79 Å². The maximum absolute atomic E-state index is 11.8. The van der Waals surface area contributed by atoms with Gasteiger partial charge in [0, 0.05) is 12.6 Å². The molecule has 1 heterocycles. The minimum Gasteiger partial charge on any atom is -0.355 e. The first kappa shape index (κ1) is 16.5. The van der Waals surface area contributed by atoms with Gasteiger partial charge in [0.05, 0.1) is 6.04 Å². The smallest absolute Gasteiger partial charge is 0.237 e. The second-order valence-electron chi connectivity index (χ2n) is 5.84. The molecule has 3 heteroatoms. The van der Waals surface area contributed by atoms with Crippen LogP contribution in [0.1, 0.15) is 78.1 Å². The summed E-state index contributed by atoms with van der Waals surface area (Å²) in [6.07, 6.45) is 12.3. The van der Waals surface area contributed by atoms with Crippen LogP contribution in [0.15, 0.2) is 0 Å². The molecule has 0 spiro atoms. The number of hydrogen-bond acceptors (Lipinski definition) is 2. The summed E-state index contributed by atoms with van der Waals surface area (Å²) in [5, 5.41) is 6.58. The van der Waals surface area contributed by atoms with Gasteiger partial charge in [0.15, 0.2) is 0 Å². The number of nitrogens with one attached hydrogen (secondary N) is 2.